The largest absolute Gasteiger partial charge is 0.478 e. The summed E-state index contributed by atoms with van der Waals surface area (Å²) in [7, 11) is 0. The van der Waals surface area contributed by atoms with Gasteiger partial charge in [-0.15, -0.1) is 0 Å². The Kier molecular flexibility index (Phi) is 20.0. The van der Waals surface area contributed by atoms with Gasteiger partial charge in [-0.2, -0.15) is 0 Å². The lowest BCUT2D eigenvalue weighted by Crippen LogP contribution is -2.16. The second kappa shape index (κ2) is 21.8. The molecule has 0 rings (SSSR count). The molecular formula is C24H38O11. The Balaban J connectivity index is 3.77. The molecule has 0 bridgehead atoms. The molecule has 0 aliphatic carbocycles. The Hall–Kier alpha value is -2.76. The van der Waals surface area contributed by atoms with Gasteiger partial charge in [0.25, 0.3) is 0 Å². The highest BCUT2D eigenvalue weighted by Crippen LogP contribution is 2.10. The van der Waals surface area contributed by atoms with Crippen molar-refractivity contribution in [2.24, 2.45) is 0 Å². The van der Waals surface area contributed by atoms with Crippen molar-refractivity contribution in [1.82, 2.24) is 0 Å². The normalized spacial score (nSPS) is 11.8. The smallest absolute Gasteiger partial charge is 0.334 e. The van der Waals surface area contributed by atoms with Gasteiger partial charge in [0.1, 0.15) is 13.2 Å². The topological polar surface area (TPSA) is 155 Å². The molecule has 35 heavy (non-hydrogen) atoms. The first-order valence-corrected chi connectivity index (χ1v) is 11.8. The SMILES string of the molecule is CCCC/C(=C/C(=O)O)C(=O)OCCOCCOCCOCCOC(=O)/C(=C\C(=O)O)CCCC. The van der Waals surface area contributed by atoms with E-state index in [1.165, 1.54) is 0 Å². The van der Waals surface area contributed by atoms with Crippen molar-refractivity contribution in [3.63, 3.8) is 0 Å². The minimum Gasteiger partial charge on any atom is -0.478 e. The lowest BCUT2D eigenvalue weighted by Gasteiger charge is -2.09. The van der Waals surface area contributed by atoms with Crippen molar-refractivity contribution < 1.29 is 53.1 Å². The van der Waals surface area contributed by atoms with E-state index in [4.69, 9.17) is 33.9 Å². The van der Waals surface area contributed by atoms with E-state index in [0.29, 0.717) is 38.9 Å². The monoisotopic (exact) mass is 502 g/mol. The molecule has 11 heteroatoms. The van der Waals surface area contributed by atoms with Crippen molar-refractivity contribution in [1.29, 1.82) is 0 Å². The lowest BCUT2D eigenvalue weighted by atomic mass is 10.1. The van der Waals surface area contributed by atoms with Crippen LogP contribution in [0.5, 0.6) is 0 Å². The number of hydrogen-bond acceptors (Lipinski definition) is 9. The maximum absolute atomic E-state index is 11.9. The molecular weight excluding hydrogens is 464 g/mol. The molecule has 200 valence electrons. The standard InChI is InChI=1S/C24H38O11/c1-3-5-7-19(17-21(25)26)23(29)34-15-13-32-11-9-31-10-12-33-14-16-35-24(30)20(8-6-4-2)18-22(27)28/h17-18H,3-16H2,1-2H3,(H,25,26)(H,27,28)/b19-17-,20-18-. The molecule has 0 radical (unpaired) electrons. The zero-order valence-corrected chi connectivity index (χ0v) is 20.6. The number of unbranched alkanes of at least 4 members (excludes halogenated alkanes) is 2. The average molecular weight is 503 g/mol. The van der Waals surface area contributed by atoms with Crippen LogP contribution in [0.4, 0.5) is 0 Å². The number of carboxylic acids is 2. The maximum atomic E-state index is 11.9. The molecule has 0 fully saturated rings. The van der Waals surface area contributed by atoms with Gasteiger partial charge in [-0.25, -0.2) is 19.2 Å². The van der Waals surface area contributed by atoms with E-state index in [9.17, 15) is 19.2 Å². The summed E-state index contributed by atoms with van der Waals surface area (Å²) in [6.45, 7) is 5.36. The molecule has 0 aliphatic heterocycles. The van der Waals surface area contributed by atoms with Crippen LogP contribution in [0.2, 0.25) is 0 Å². The number of ether oxygens (including phenoxy) is 5. The van der Waals surface area contributed by atoms with Crippen LogP contribution in [0.15, 0.2) is 23.3 Å². The third-order valence-corrected chi connectivity index (χ3v) is 4.38. The number of aliphatic carboxylic acids is 2. The van der Waals surface area contributed by atoms with Crippen molar-refractivity contribution in [3.8, 4) is 0 Å². The molecule has 0 saturated heterocycles. The molecule has 0 aromatic heterocycles. The first-order valence-electron chi connectivity index (χ1n) is 11.8. The van der Waals surface area contributed by atoms with Crippen molar-refractivity contribution in [2.45, 2.75) is 52.4 Å². The highest BCUT2D eigenvalue weighted by atomic mass is 16.6. The van der Waals surface area contributed by atoms with Gasteiger partial charge in [-0.3, -0.25) is 0 Å². The number of carboxylic acid groups (broad SMARTS) is 2. The molecule has 0 saturated carbocycles. The summed E-state index contributed by atoms with van der Waals surface area (Å²) in [5.74, 6) is -3.68. The number of hydrogen-bond donors (Lipinski definition) is 2. The molecule has 11 nitrogen and oxygen atoms in total. The molecule has 0 aliphatic rings. The zero-order valence-electron chi connectivity index (χ0n) is 20.6. The third-order valence-electron chi connectivity index (χ3n) is 4.38. The van der Waals surface area contributed by atoms with E-state index in [2.05, 4.69) is 0 Å². The summed E-state index contributed by atoms with van der Waals surface area (Å²) in [5.41, 5.74) is 0.261. The quantitative estimate of drug-likeness (QED) is 0.127. The van der Waals surface area contributed by atoms with Crippen LogP contribution in [-0.2, 0) is 42.9 Å². The Morgan fingerprint density at radius 1 is 0.571 bits per heavy atom. The van der Waals surface area contributed by atoms with Crippen molar-refractivity contribution >= 4 is 23.9 Å². The summed E-state index contributed by atoms with van der Waals surface area (Å²) >= 11 is 0. The van der Waals surface area contributed by atoms with Gasteiger partial charge in [0, 0.05) is 23.3 Å². The minimum absolute atomic E-state index is 0.00552. The minimum atomic E-state index is -1.18. The molecule has 0 amide bonds. The Bertz CT molecular complexity index is 640. The highest BCUT2D eigenvalue weighted by molar-refractivity contribution is 5.96. The summed E-state index contributed by atoms with van der Waals surface area (Å²) in [6.07, 6.45) is 5.50. The first kappa shape index (κ1) is 32.2. The van der Waals surface area contributed by atoms with Crippen LogP contribution in [-0.4, -0.2) is 86.9 Å². The van der Waals surface area contributed by atoms with Gasteiger partial charge >= 0.3 is 23.9 Å². The van der Waals surface area contributed by atoms with Crippen LogP contribution in [0.25, 0.3) is 0 Å². The molecule has 0 heterocycles. The van der Waals surface area contributed by atoms with Crippen LogP contribution in [0.3, 0.4) is 0 Å². The fraction of sp³-hybridized carbons (Fsp3) is 0.667. The van der Waals surface area contributed by atoms with Gasteiger partial charge in [-0.1, -0.05) is 26.7 Å². The summed E-state index contributed by atoms with van der Waals surface area (Å²) in [5, 5.41) is 17.7. The second-order valence-electron chi connectivity index (χ2n) is 7.33. The van der Waals surface area contributed by atoms with E-state index in [0.717, 1.165) is 25.0 Å². The fourth-order valence-electron chi connectivity index (χ4n) is 2.61. The molecule has 2 N–H and O–H groups in total. The number of carbonyl (C=O) groups is 4. The first-order chi connectivity index (χ1) is 16.8. The van der Waals surface area contributed by atoms with Crippen molar-refractivity contribution in [2.75, 3.05) is 52.9 Å². The summed E-state index contributed by atoms with van der Waals surface area (Å²) in [4.78, 5) is 45.4. The predicted molar refractivity (Wildman–Crippen MR) is 125 cm³/mol. The lowest BCUT2D eigenvalue weighted by molar-refractivity contribution is -0.142. The third kappa shape index (κ3) is 19.3. The van der Waals surface area contributed by atoms with E-state index in [1.54, 1.807) is 0 Å². The van der Waals surface area contributed by atoms with Crippen LogP contribution in [0.1, 0.15) is 52.4 Å². The molecule has 0 spiro atoms. The van der Waals surface area contributed by atoms with Crippen molar-refractivity contribution in [3.05, 3.63) is 23.3 Å². The van der Waals surface area contributed by atoms with Crippen LogP contribution < -0.4 is 0 Å². The van der Waals surface area contributed by atoms with E-state index >= 15 is 0 Å². The number of carbonyl (C=O) groups excluding carboxylic acids is 2. The Morgan fingerprint density at radius 3 is 1.17 bits per heavy atom. The molecule has 0 unspecified atom stereocenters. The number of esters is 2. The highest BCUT2D eigenvalue weighted by Gasteiger charge is 2.13. The van der Waals surface area contributed by atoms with Crippen LogP contribution >= 0.6 is 0 Å². The number of rotatable bonds is 22. The van der Waals surface area contributed by atoms with Crippen LogP contribution in [0, 0.1) is 0 Å². The molecule has 0 aromatic rings. The molecule has 0 atom stereocenters. The predicted octanol–water partition coefficient (Wildman–Crippen LogP) is 2.53. The van der Waals surface area contributed by atoms with Gasteiger partial charge in [0.2, 0.25) is 0 Å². The van der Waals surface area contributed by atoms with E-state index in [-0.39, 0.29) is 50.8 Å². The molecule has 0 aromatic carbocycles. The van der Waals surface area contributed by atoms with Gasteiger partial charge < -0.3 is 33.9 Å². The second-order valence-corrected chi connectivity index (χ2v) is 7.33. The zero-order chi connectivity index (χ0) is 26.3. The Morgan fingerprint density at radius 2 is 0.886 bits per heavy atom. The maximum Gasteiger partial charge on any atom is 0.334 e. The average Bonchev–Trinajstić information content (AvgIpc) is 2.81. The van der Waals surface area contributed by atoms with E-state index in [1.807, 2.05) is 13.8 Å². The van der Waals surface area contributed by atoms with Gasteiger partial charge in [0.15, 0.2) is 0 Å². The Labute approximate surface area is 206 Å². The summed E-state index contributed by atoms with van der Waals surface area (Å²) < 4.78 is 26.0. The fourth-order valence-corrected chi connectivity index (χ4v) is 2.61. The summed E-state index contributed by atoms with van der Waals surface area (Å²) in [6, 6.07) is 0. The van der Waals surface area contributed by atoms with Gasteiger partial charge in [-0.05, 0) is 25.7 Å². The van der Waals surface area contributed by atoms with Gasteiger partial charge in [0.05, 0.1) is 39.6 Å². The van der Waals surface area contributed by atoms with E-state index < -0.39 is 23.9 Å².